The van der Waals surface area contributed by atoms with Gasteiger partial charge in [0.2, 0.25) is 11.8 Å². The van der Waals surface area contributed by atoms with Gasteiger partial charge < -0.3 is 16.0 Å². The largest absolute Gasteiger partial charge is 0.352 e. The molecule has 1 rings (SSSR count). The van der Waals surface area contributed by atoms with E-state index in [0.29, 0.717) is 0 Å². The lowest BCUT2D eigenvalue weighted by Gasteiger charge is -2.34. The molecular weight excluding hydrogens is 302 g/mol. The first kappa shape index (κ1) is 21.2. The maximum absolute atomic E-state index is 12.3. The van der Waals surface area contributed by atoms with Crippen molar-refractivity contribution in [1.82, 2.24) is 10.2 Å². The van der Waals surface area contributed by atoms with Crippen LogP contribution in [0.25, 0.3) is 0 Å². The summed E-state index contributed by atoms with van der Waals surface area (Å²) in [5, 5.41) is 3.01. The van der Waals surface area contributed by atoms with E-state index in [1.807, 2.05) is 18.7 Å². The van der Waals surface area contributed by atoms with E-state index < -0.39 is 6.04 Å². The van der Waals surface area contributed by atoms with Crippen LogP contribution in [0.3, 0.4) is 0 Å². The highest BCUT2D eigenvalue weighted by Gasteiger charge is 2.28. The first-order valence-corrected chi connectivity index (χ1v) is 8.25. The summed E-state index contributed by atoms with van der Waals surface area (Å²) >= 11 is 0. The number of hydrogen-bond donors (Lipinski definition) is 2. The molecule has 0 unspecified atom stereocenters. The summed E-state index contributed by atoms with van der Waals surface area (Å²) in [5.74, 6) is 0.477. The predicted molar refractivity (Wildman–Crippen MR) is 91.9 cm³/mol. The van der Waals surface area contributed by atoms with Gasteiger partial charge in [0, 0.05) is 25.0 Å². The van der Waals surface area contributed by atoms with Gasteiger partial charge in [-0.2, -0.15) is 0 Å². The van der Waals surface area contributed by atoms with Gasteiger partial charge in [-0.1, -0.05) is 27.7 Å². The van der Waals surface area contributed by atoms with Gasteiger partial charge in [0.05, 0.1) is 6.04 Å². The second-order valence-electron chi connectivity index (χ2n) is 6.39. The average molecular weight is 334 g/mol. The zero-order chi connectivity index (χ0) is 16.0. The molecule has 0 bridgehead atoms. The Labute approximate surface area is 140 Å². The predicted octanol–water partition coefficient (Wildman–Crippen LogP) is 1.93. The molecule has 3 N–H and O–H groups in total. The van der Waals surface area contributed by atoms with Crippen LogP contribution < -0.4 is 11.1 Å². The van der Waals surface area contributed by atoms with Crippen molar-refractivity contribution in [3.8, 4) is 0 Å². The van der Waals surface area contributed by atoms with Crippen LogP contribution in [-0.4, -0.2) is 41.9 Å². The number of likely N-dealkylation sites (tertiary alicyclic amines) is 1. The molecule has 1 aliphatic heterocycles. The molecule has 1 heterocycles. The first-order valence-electron chi connectivity index (χ1n) is 8.25. The number of hydrogen-bond acceptors (Lipinski definition) is 3. The van der Waals surface area contributed by atoms with Crippen LogP contribution in [0.1, 0.15) is 53.4 Å². The summed E-state index contributed by atoms with van der Waals surface area (Å²) in [5.41, 5.74) is 5.85. The number of nitrogens with two attached hydrogens (primary N) is 1. The highest BCUT2D eigenvalue weighted by Crippen LogP contribution is 2.17. The minimum atomic E-state index is -0.450. The van der Waals surface area contributed by atoms with Gasteiger partial charge in [-0.15, -0.1) is 12.4 Å². The summed E-state index contributed by atoms with van der Waals surface area (Å²) in [6.07, 6.45) is 3.44. The van der Waals surface area contributed by atoms with Crippen LogP contribution in [-0.2, 0) is 9.59 Å². The Morgan fingerprint density at radius 1 is 1.18 bits per heavy atom. The molecule has 6 heteroatoms. The molecule has 0 aromatic heterocycles. The summed E-state index contributed by atoms with van der Waals surface area (Å²) < 4.78 is 0. The summed E-state index contributed by atoms with van der Waals surface area (Å²) in [6, 6.07) is -0.303. The molecule has 130 valence electrons. The number of nitrogens with one attached hydrogen (secondary N) is 1. The van der Waals surface area contributed by atoms with Crippen molar-refractivity contribution in [3.05, 3.63) is 0 Å². The lowest BCUT2D eigenvalue weighted by Crippen LogP contribution is -2.52. The Morgan fingerprint density at radius 3 is 2.09 bits per heavy atom. The zero-order valence-electron chi connectivity index (χ0n) is 14.3. The summed E-state index contributed by atoms with van der Waals surface area (Å²) in [4.78, 5) is 26.2. The molecule has 0 radical (unpaired) electrons. The maximum atomic E-state index is 12.3. The molecule has 0 aromatic rings. The van der Waals surface area contributed by atoms with Crippen LogP contribution in [0.5, 0.6) is 0 Å². The fourth-order valence-corrected chi connectivity index (χ4v) is 2.74. The van der Waals surface area contributed by atoms with Crippen LogP contribution >= 0.6 is 12.4 Å². The Balaban J connectivity index is 0.00000441. The zero-order valence-corrected chi connectivity index (χ0v) is 15.1. The number of piperidine rings is 1. The van der Waals surface area contributed by atoms with E-state index in [1.54, 1.807) is 0 Å². The Kier molecular flexibility index (Phi) is 9.69. The molecule has 0 spiro atoms. The fourth-order valence-electron chi connectivity index (χ4n) is 2.74. The van der Waals surface area contributed by atoms with Crippen molar-refractivity contribution in [2.75, 3.05) is 13.1 Å². The van der Waals surface area contributed by atoms with Crippen LogP contribution in [0.4, 0.5) is 0 Å². The van der Waals surface area contributed by atoms with Gasteiger partial charge in [0.25, 0.3) is 0 Å². The molecule has 2 amide bonds. The lowest BCUT2D eigenvalue weighted by atomic mass is 9.98. The van der Waals surface area contributed by atoms with Crippen molar-refractivity contribution in [1.29, 1.82) is 0 Å². The molecule has 0 saturated carbocycles. The lowest BCUT2D eigenvalue weighted by molar-refractivity contribution is -0.137. The number of halogens is 1. The van der Waals surface area contributed by atoms with Crippen molar-refractivity contribution in [2.24, 2.45) is 17.6 Å². The fraction of sp³-hybridized carbons (Fsp3) is 0.875. The van der Waals surface area contributed by atoms with Crippen molar-refractivity contribution in [3.63, 3.8) is 0 Å². The number of rotatable bonds is 6. The van der Waals surface area contributed by atoms with Crippen LogP contribution in [0.15, 0.2) is 0 Å². The van der Waals surface area contributed by atoms with Crippen molar-refractivity contribution in [2.45, 2.75) is 65.5 Å². The quantitative estimate of drug-likeness (QED) is 0.780. The number of nitrogens with zero attached hydrogens (tertiary/aromatic N) is 1. The Morgan fingerprint density at radius 2 is 1.68 bits per heavy atom. The van der Waals surface area contributed by atoms with Gasteiger partial charge in [0.15, 0.2) is 0 Å². The van der Waals surface area contributed by atoms with Crippen LogP contribution in [0.2, 0.25) is 0 Å². The summed E-state index contributed by atoms with van der Waals surface area (Å²) in [7, 11) is 0. The van der Waals surface area contributed by atoms with Gasteiger partial charge in [-0.3, -0.25) is 9.59 Å². The van der Waals surface area contributed by atoms with E-state index in [4.69, 9.17) is 5.73 Å². The second-order valence-corrected chi connectivity index (χ2v) is 6.39. The molecular formula is C16H32ClN3O2. The van der Waals surface area contributed by atoms with Gasteiger partial charge in [-0.25, -0.2) is 0 Å². The third-order valence-corrected chi connectivity index (χ3v) is 4.51. The monoisotopic (exact) mass is 333 g/mol. The van der Waals surface area contributed by atoms with Crippen molar-refractivity contribution < 1.29 is 9.59 Å². The third-order valence-electron chi connectivity index (χ3n) is 4.51. The van der Waals surface area contributed by atoms with Crippen molar-refractivity contribution >= 4 is 24.2 Å². The minimum absolute atomic E-state index is 0. The maximum Gasteiger partial charge on any atom is 0.237 e. The molecule has 1 saturated heterocycles. The molecule has 0 aliphatic carbocycles. The highest BCUT2D eigenvalue weighted by atomic mass is 35.5. The molecule has 5 nitrogen and oxygen atoms in total. The Hall–Kier alpha value is -0.810. The molecule has 1 atom stereocenters. The smallest absolute Gasteiger partial charge is 0.237 e. The highest BCUT2D eigenvalue weighted by molar-refractivity contribution is 5.85. The summed E-state index contributed by atoms with van der Waals surface area (Å²) in [6.45, 7) is 9.48. The molecule has 1 aliphatic rings. The van der Waals surface area contributed by atoms with Gasteiger partial charge >= 0.3 is 0 Å². The van der Waals surface area contributed by atoms with Crippen LogP contribution in [0, 0.1) is 11.8 Å². The van der Waals surface area contributed by atoms with E-state index in [1.165, 1.54) is 0 Å². The topological polar surface area (TPSA) is 75.4 Å². The van der Waals surface area contributed by atoms with E-state index in [9.17, 15) is 9.59 Å². The van der Waals surface area contributed by atoms with E-state index >= 15 is 0 Å². The van der Waals surface area contributed by atoms with Gasteiger partial charge in [0.1, 0.15) is 0 Å². The molecule has 1 fully saturated rings. The van der Waals surface area contributed by atoms with Gasteiger partial charge in [-0.05, 0) is 31.6 Å². The number of carbonyl (C=O) groups excluding carboxylic acids is 2. The van der Waals surface area contributed by atoms with E-state index in [2.05, 4.69) is 19.2 Å². The SMILES string of the molecule is CCC(CC)C(=O)N1CCC(NC(=O)[C@@H](N)C(C)C)CC1.Cl. The van der Waals surface area contributed by atoms with E-state index in [0.717, 1.165) is 38.8 Å². The average Bonchev–Trinajstić information content (AvgIpc) is 2.48. The second kappa shape index (κ2) is 10.1. The van der Waals surface area contributed by atoms with E-state index in [-0.39, 0.29) is 42.1 Å². The minimum Gasteiger partial charge on any atom is -0.352 e. The Bertz CT molecular complexity index is 351. The first-order chi connectivity index (χ1) is 9.90. The number of amides is 2. The normalized spacial score (nSPS) is 17.3. The number of carbonyl (C=O) groups is 2. The molecule has 0 aromatic carbocycles. The third kappa shape index (κ3) is 5.76. The standard InChI is InChI=1S/C16H31N3O2.ClH/c1-5-12(6-2)16(21)19-9-7-13(8-10-19)18-15(20)14(17)11(3)4;/h11-14H,5-10,17H2,1-4H3,(H,18,20);1H/t14-;/m0./s1. The molecule has 22 heavy (non-hydrogen) atoms.